The molecule has 0 saturated heterocycles. The molecule has 9 aromatic heterocycles. The molecule has 0 radical (unpaired) electrons. The fourth-order valence-electron chi connectivity index (χ4n) is 13.6. The Morgan fingerprint density at radius 2 is 0.796 bits per heavy atom. The summed E-state index contributed by atoms with van der Waals surface area (Å²) in [6, 6.07) is 64.8. The van der Waals surface area contributed by atoms with Gasteiger partial charge in [-0.05, 0) is 128 Å². The maximum absolute atomic E-state index is 8.40. The van der Waals surface area contributed by atoms with Crippen LogP contribution in [0.5, 0.6) is 0 Å². The van der Waals surface area contributed by atoms with Crippen LogP contribution in [0.15, 0.2) is 238 Å². The number of aromatic nitrogens is 6. The first-order chi connectivity index (χ1) is 47.9. The van der Waals surface area contributed by atoms with Crippen LogP contribution >= 0.6 is 0 Å². The Kier molecular flexibility index (Phi) is 12.6. The van der Waals surface area contributed by atoms with Crippen molar-refractivity contribution in [3.63, 3.8) is 0 Å². The molecule has 0 unspecified atom stereocenters. The van der Waals surface area contributed by atoms with Gasteiger partial charge in [0.05, 0.1) is 32.8 Å². The van der Waals surface area contributed by atoms with Crippen LogP contribution in [0.3, 0.4) is 0 Å². The van der Waals surface area contributed by atoms with Gasteiger partial charge in [0.2, 0.25) is 34.2 Å². The van der Waals surface area contributed by atoms with Gasteiger partial charge >= 0.3 is 0 Å². The molecule has 0 bridgehead atoms. The van der Waals surface area contributed by atoms with Crippen molar-refractivity contribution >= 4 is 98.5 Å². The van der Waals surface area contributed by atoms with Crippen molar-refractivity contribution < 1.29 is 36.5 Å². The highest BCUT2D eigenvalue weighted by Crippen LogP contribution is 2.42. The molecule has 0 atom stereocenters. The molecule has 0 aliphatic rings. The van der Waals surface area contributed by atoms with Gasteiger partial charge < -0.3 is 13.3 Å². The first kappa shape index (κ1) is 50.6. The molecule has 0 aliphatic heterocycles. The molecular formula is C84H71N6O3+3. The molecule has 93 heavy (non-hydrogen) atoms. The molecule has 9 heteroatoms. The van der Waals surface area contributed by atoms with Gasteiger partial charge in [-0.2, -0.15) is 0 Å². The highest BCUT2D eigenvalue weighted by atomic mass is 16.3. The molecule has 17 rings (SSSR count). The third-order valence-electron chi connectivity index (χ3n) is 18.5. The lowest BCUT2D eigenvalue weighted by Gasteiger charge is -2.10. The number of hydrogen-bond acceptors (Lipinski definition) is 6. The van der Waals surface area contributed by atoms with E-state index >= 15 is 0 Å². The van der Waals surface area contributed by atoms with Crippen molar-refractivity contribution in [2.75, 3.05) is 0 Å². The molecule has 17 aromatic rings. The minimum atomic E-state index is -2.23. The van der Waals surface area contributed by atoms with Gasteiger partial charge in [0.25, 0.3) is 0 Å². The van der Waals surface area contributed by atoms with E-state index in [1.807, 2.05) is 186 Å². The number of fused-ring (bicyclic) bond motifs is 15. The lowest BCUT2D eigenvalue weighted by Crippen LogP contribution is -2.31. The summed E-state index contributed by atoms with van der Waals surface area (Å²) in [5, 5.41) is 12.9. The van der Waals surface area contributed by atoms with Gasteiger partial charge in [-0.25, -0.2) is 28.7 Å². The second-order valence-electron chi connectivity index (χ2n) is 24.5. The average molecular weight is 1220 g/mol. The molecule has 0 N–H and O–H groups in total. The van der Waals surface area contributed by atoms with Crippen LogP contribution in [0.25, 0.3) is 155 Å². The van der Waals surface area contributed by atoms with E-state index in [2.05, 4.69) is 113 Å². The van der Waals surface area contributed by atoms with Gasteiger partial charge in [0.15, 0.2) is 18.6 Å². The van der Waals surface area contributed by atoms with Crippen LogP contribution in [-0.2, 0) is 21.1 Å². The van der Waals surface area contributed by atoms with E-state index in [1.165, 1.54) is 0 Å². The van der Waals surface area contributed by atoms with Crippen molar-refractivity contribution in [2.45, 2.75) is 61.1 Å². The van der Waals surface area contributed by atoms with Gasteiger partial charge in [-0.1, -0.05) is 147 Å². The Balaban J connectivity index is 0.000000123. The third kappa shape index (κ3) is 10.0. The van der Waals surface area contributed by atoms with Gasteiger partial charge in [0, 0.05) is 112 Å². The number of hydrogen-bond donors (Lipinski definition) is 0. The zero-order chi connectivity index (χ0) is 69.8. The zero-order valence-corrected chi connectivity index (χ0v) is 53.3. The Labute approximate surface area is 550 Å². The van der Waals surface area contributed by atoms with Crippen molar-refractivity contribution in [2.24, 2.45) is 21.1 Å². The molecule has 9 heterocycles. The van der Waals surface area contributed by atoms with Crippen LogP contribution in [0.4, 0.5) is 0 Å². The molecule has 0 saturated carbocycles. The molecule has 0 spiro atoms. The molecule has 0 aliphatic carbocycles. The van der Waals surface area contributed by atoms with E-state index in [-0.39, 0.29) is 0 Å². The Bertz CT molecular complexity index is 6150. The number of furan rings is 3. The molecule has 9 nitrogen and oxygen atoms in total. The van der Waals surface area contributed by atoms with Crippen LogP contribution in [0.2, 0.25) is 0 Å². The monoisotopic (exact) mass is 1220 g/mol. The van der Waals surface area contributed by atoms with E-state index in [4.69, 9.17) is 27.8 Å². The molecule has 8 aromatic carbocycles. The Morgan fingerprint density at radius 3 is 1.25 bits per heavy atom. The van der Waals surface area contributed by atoms with E-state index in [1.54, 1.807) is 12.4 Å². The summed E-state index contributed by atoms with van der Waals surface area (Å²) < 4.78 is 81.9. The van der Waals surface area contributed by atoms with Gasteiger partial charge in [-0.15, -0.1) is 0 Å². The summed E-state index contributed by atoms with van der Waals surface area (Å²) in [6.07, 6.45) is 9.19. The number of benzene rings is 8. The quantitative estimate of drug-likeness (QED) is 0.154. The zero-order valence-electron chi connectivity index (χ0n) is 60.3. The largest absolute Gasteiger partial charge is 0.437 e. The topological polar surface area (TPSA) is 89.7 Å². The summed E-state index contributed by atoms with van der Waals surface area (Å²) in [7, 11) is 5.81. The number of rotatable bonds is 6. The second-order valence-corrected chi connectivity index (χ2v) is 24.5. The summed E-state index contributed by atoms with van der Waals surface area (Å²) in [4.78, 5) is 13.9. The third-order valence-corrected chi connectivity index (χ3v) is 18.5. The second kappa shape index (κ2) is 23.3. The van der Waals surface area contributed by atoms with Crippen molar-refractivity contribution in [1.82, 2.24) is 15.0 Å². The molecule has 0 amide bonds. The summed E-state index contributed by atoms with van der Waals surface area (Å²) in [5.41, 5.74) is 19.2. The van der Waals surface area contributed by atoms with Gasteiger partial charge in [-0.3, -0.25) is 0 Å². The van der Waals surface area contributed by atoms with Crippen LogP contribution < -0.4 is 13.7 Å². The van der Waals surface area contributed by atoms with E-state index in [0.717, 1.165) is 154 Å². The predicted octanol–water partition coefficient (Wildman–Crippen LogP) is 20.2. The summed E-state index contributed by atoms with van der Waals surface area (Å²) in [5.74, 6) is -0.650. The minimum Gasteiger partial charge on any atom is -0.437 e. The lowest BCUT2D eigenvalue weighted by molar-refractivity contribution is -0.660. The fourth-order valence-corrected chi connectivity index (χ4v) is 13.6. The van der Waals surface area contributed by atoms with Crippen LogP contribution in [-0.4, -0.2) is 15.0 Å². The van der Waals surface area contributed by atoms with E-state index < -0.39 is 19.6 Å². The lowest BCUT2D eigenvalue weighted by atomic mass is 9.96. The van der Waals surface area contributed by atoms with E-state index in [0.29, 0.717) is 39.4 Å². The normalized spacial score (nSPS) is 13.2. The first-order valence-electron chi connectivity index (χ1n) is 34.7. The highest BCUT2D eigenvalue weighted by molar-refractivity contribution is 6.21. The van der Waals surface area contributed by atoms with Crippen molar-refractivity contribution in [3.8, 4) is 56.0 Å². The highest BCUT2D eigenvalue weighted by Gasteiger charge is 2.25. The summed E-state index contributed by atoms with van der Waals surface area (Å²) >= 11 is 0. The predicted molar refractivity (Wildman–Crippen MR) is 380 cm³/mol. The Hall–Kier alpha value is -11.2. The average Bonchev–Trinajstić information content (AvgIpc) is 1.57. The van der Waals surface area contributed by atoms with Crippen LogP contribution in [0.1, 0.15) is 68.4 Å². The summed E-state index contributed by atoms with van der Waals surface area (Å²) in [6.45, 7) is 7.56. The smallest absolute Gasteiger partial charge is 0.228 e. The maximum atomic E-state index is 8.40. The molecule has 452 valence electrons. The Morgan fingerprint density at radius 1 is 0.398 bits per heavy atom. The molecular weight excluding hydrogens is 1140 g/mol. The number of pyridine rings is 6. The van der Waals surface area contributed by atoms with E-state index in [9.17, 15) is 0 Å². The minimum absolute atomic E-state index is 0.327. The van der Waals surface area contributed by atoms with Gasteiger partial charge in [0.1, 0.15) is 37.9 Å². The number of aryl methyl sites for hydroxylation is 9. The van der Waals surface area contributed by atoms with Crippen molar-refractivity contribution in [1.29, 1.82) is 0 Å². The number of nitrogens with zero attached hydrogens (tertiary/aromatic N) is 6. The molecule has 0 fully saturated rings. The SMILES string of the molecule is [2H]C(C)(C)c1cc[n+](C)c(-c2ccc3c(oc4ncc5ccccc5c43)c2C)c1.[2H]C([2H])([2H])c1c[n+](C)c(-c2ccc3c(oc4nc(C)c5ccccc5c43)c2C)cc1-c1ccccc1.[2H]C([2H])([2H])c1c[n+](C)c(-c2ccc3c(oc4ncc5ccccc5c43)c2C)cc1-c1ccccc1. The first-order valence-corrected chi connectivity index (χ1v) is 31.2. The maximum Gasteiger partial charge on any atom is 0.228 e. The van der Waals surface area contributed by atoms with Crippen LogP contribution in [0, 0.1) is 41.4 Å². The standard InChI is InChI=1S/C30H25N2O.C29H23N2O.C25H23N2O/c1-18-17-32(4)27(16-26(18)21-10-6-5-7-11-21)22-14-15-25-28-24-13-9-8-12-23(24)20(3)31-30(28)33-29(25)19(22)2;1-18-17-31(3)26(15-25(18)20-9-5-4-6-10-20)22-13-14-24-27-23-12-8-7-11-21(23)16-30-29(27)32-28(24)19(22)2;1-15(2)17-11-12-27(4)22(13-17)19-9-10-21-23-20-8-6-5-7-18(20)14-26-25(23)28-24(21)16(19)3/h5-17H,1-4H3;4-17H,1-3H3;5-15H,1-4H3/q3*+1/i2*1D3;15D. The fraction of sp³-hybridized carbons (Fsp3) is 0.143. The van der Waals surface area contributed by atoms with Crippen molar-refractivity contribution in [3.05, 3.63) is 264 Å².